The molecular formula is C6H9Br2NO3S. The lowest BCUT2D eigenvalue weighted by molar-refractivity contribution is -0.108. The Morgan fingerprint density at radius 1 is 1.46 bits per heavy atom. The second kappa shape index (κ2) is 5.77. The SMILES string of the molecule is CCCC(Br)=C(Br)S(=O)(=O)NC=O. The van der Waals surface area contributed by atoms with E-state index in [-0.39, 0.29) is 10.2 Å². The van der Waals surface area contributed by atoms with Crippen LogP contribution in [0.15, 0.2) is 8.30 Å². The molecule has 0 aromatic heterocycles. The molecule has 7 heteroatoms. The lowest BCUT2D eigenvalue weighted by Gasteiger charge is -2.03. The Morgan fingerprint density at radius 3 is 2.38 bits per heavy atom. The minimum absolute atomic E-state index is 0.0334. The van der Waals surface area contributed by atoms with E-state index in [1.807, 2.05) is 6.92 Å². The molecule has 0 aromatic carbocycles. The third-order valence-corrected chi connectivity index (χ3v) is 5.59. The Labute approximate surface area is 94.1 Å². The molecule has 0 aliphatic carbocycles. The topological polar surface area (TPSA) is 63.2 Å². The molecule has 76 valence electrons. The highest BCUT2D eigenvalue weighted by Crippen LogP contribution is 2.26. The second-order valence-corrected chi connectivity index (χ2v) is 6.09. The summed E-state index contributed by atoms with van der Waals surface area (Å²) < 4.78 is 24.5. The molecule has 0 radical (unpaired) electrons. The molecule has 0 fully saturated rings. The first-order valence-electron chi connectivity index (χ1n) is 3.45. The summed E-state index contributed by atoms with van der Waals surface area (Å²) in [6.07, 6.45) is 1.54. The summed E-state index contributed by atoms with van der Waals surface area (Å²) in [5.74, 6) is 0. The number of hydrogen-bond donors (Lipinski definition) is 1. The van der Waals surface area contributed by atoms with Crippen LogP contribution in [-0.2, 0) is 14.8 Å². The molecule has 0 saturated carbocycles. The third-order valence-electron chi connectivity index (χ3n) is 1.12. The van der Waals surface area contributed by atoms with Crippen molar-refractivity contribution in [3.63, 3.8) is 0 Å². The van der Waals surface area contributed by atoms with Crippen LogP contribution in [0.3, 0.4) is 0 Å². The van der Waals surface area contributed by atoms with Crippen LogP contribution in [0.4, 0.5) is 0 Å². The van der Waals surface area contributed by atoms with Crippen LogP contribution in [0, 0.1) is 0 Å². The van der Waals surface area contributed by atoms with Gasteiger partial charge in [0.15, 0.2) is 0 Å². The van der Waals surface area contributed by atoms with Gasteiger partial charge in [0.25, 0.3) is 10.0 Å². The van der Waals surface area contributed by atoms with Crippen LogP contribution in [0.2, 0.25) is 0 Å². The zero-order valence-electron chi connectivity index (χ0n) is 6.88. The number of nitrogens with one attached hydrogen (secondary N) is 1. The Balaban J connectivity index is 4.85. The molecule has 0 unspecified atom stereocenters. The van der Waals surface area contributed by atoms with Crippen molar-refractivity contribution >= 4 is 48.3 Å². The zero-order valence-corrected chi connectivity index (χ0v) is 10.9. The summed E-state index contributed by atoms with van der Waals surface area (Å²) in [5, 5.41) is 0. The van der Waals surface area contributed by atoms with E-state index in [0.29, 0.717) is 10.9 Å². The first-order chi connectivity index (χ1) is 5.95. The molecule has 0 spiro atoms. The molecule has 1 amide bonds. The molecule has 13 heavy (non-hydrogen) atoms. The quantitative estimate of drug-likeness (QED) is 0.780. The van der Waals surface area contributed by atoms with Gasteiger partial charge in [-0.3, -0.25) is 9.52 Å². The van der Waals surface area contributed by atoms with Crippen LogP contribution in [-0.4, -0.2) is 14.8 Å². The van der Waals surface area contributed by atoms with Gasteiger partial charge in [-0.2, -0.15) is 0 Å². The fourth-order valence-electron chi connectivity index (χ4n) is 0.579. The van der Waals surface area contributed by atoms with E-state index in [4.69, 9.17) is 0 Å². The largest absolute Gasteiger partial charge is 0.278 e. The highest BCUT2D eigenvalue weighted by Gasteiger charge is 2.16. The van der Waals surface area contributed by atoms with Gasteiger partial charge < -0.3 is 0 Å². The number of sulfonamides is 1. The summed E-state index contributed by atoms with van der Waals surface area (Å²) in [6.45, 7) is 1.92. The Kier molecular flexibility index (Phi) is 5.82. The zero-order chi connectivity index (χ0) is 10.5. The van der Waals surface area contributed by atoms with Gasteiger partial charge in [-0.05, 0) is 22.4 Å². The molecule has 1 N–H and O–H groups in total. The van der Waals surface area contributed by atoms with E-state index in [1.165, 1.54) is 0 Å². The Morgan fingerprint density at radius 2 is 2.00 bits per heavy atom. The summed E-state index contributed by atoms with van der Waals surface area (Å²) in [7, 11) is -3.70. The summed E-state index contributed by atoms with van der Waals surface area (Å²) in [6, 6.07) is 0. The van der Waals surface area contributed by atoms with Crippen molar-refractivity contribution in [3.05, 3.63) is 8.30 Å². The maximum Gasteiger partial charge on any atom is 0.271 e. The van der Waals surface area contributed by atoms with Crippen LogP contribution >= 0.6 is 31.9 Å². The van der Waals surface area contributed by atoms with Crippen LogP contribution in [0.25, 0.3) is 0 Å². The maximum atomic E-state index is 11.2. The smallest absolute Gasteiger partial charge is 0.271 e. The van der Waals surface area contributed by atoms with Gasteiger partial charge in [-0.1, -0.05) is 29.3 Å². The first kappa shape index (κ1) is 13.1. The Hall–Kier alpha value is 0.120. The molecule has 0 heterocycles. The monoisotopic (exact) mass is 333 g/mol. The number of allylic oxidation sites excluding steroid dienone is 1. The highest BCUT2D eigenvalue weighted by atomic mass is 79.9. The van der Waals surface area contributed by atoms with E-state index < -0.39 is 10.0 Å². The van der Waals surface area contributed by atoms with E-state index >= 15 is 0 Å². The van der Waals surface area contributed by atoms with Crippen molar-refractivity contribution in [3.8, 4) is 0 Å². The number of carbonyl (C=O) groups excluding carboxylic acids is 1. The minimum Gasteiger partial charge on any atom is -0.278 e. The summed E-state index contributed by atoms with van der Waals surface area (Å²) in [4.78, 5) is 9.96. The van der Waals surface area contributed by atoms with E-state index in [2.05, 4.69) is 31.9 Å². The standard InChI is InChI=1S/C6H9Br2NO3S/c1-2-3-5(7)6(8)13(11,12)9-4-10/h4H,2-3H2,1H3,(H,9,10). The number of carbonyl (C=O) groups is 1. The van der Waals surface area contributed by atoms with Crippen LogP contribution < -0.4 is 4.72 Å². The average Bonchev–Trinajstić information content (AvgIpc) is 2.03. The van der Waals surface area contributed by atoms with Gasteiger partial charge in [0.2, 0.25) is 6.41 Å². The lowest BCUT2D eigenvalue weighted by atomic mass is 10.3. The van der Waals surface area contributed by atoms with Gasteiger partial charge in [0.05, 0.1) is 0 Å². The predicted molar refractivity (Wildman–Crippen MR) is 57.9 cm³/mol. The fraction of sp³-hybridized carbons (Fsp3) is 0.500. The number of amides is 1. The van der Waals surface area contributed by atoms with Crippen molar-refractivity contribution in [2.24, 2.45) is 0 Å². The third kappa shape index (κ3) is 4.24. The van der Waals surface area contributed by atoms with Gasteiger partial charge in [-0.25, -0.2) is 8.42 Å². The van der Waals surface area contributed by atoms with E-state index in [1.54, 1.807) is 4.72 Å². The summed E-state index contributed by atoms with van der Waals surface area (Å²) >= 11 is 6.00. The first-order valence-corrected chi connectivity index (χ1v) is 6.52. The average molecular weight is 335 g/mol. The second-order valence-electron chi connectivity index (χ2n) is 2.17. The summed E-state index contributed by atoms with van der Waals surface area (Å²) in [5.41, 5.74) is 0. The van der Waals surface area contributed by atoms with Crippen LogP contribution in [0.1, 0.15) is 19.8 Å². The number of rotatable bonds is 5. The number of halogens is 2. The molecule has 0 aliphatic heterocycles. The van der Waals surface area contributed by atoms with Crippen LogP contribution in [0.5, 0.6) is 0 Å². The van der Waals surface area contributed by atoms with Crippen molar-refractivity contribution < 1.29 is 13.2 Å². The Bertz CT molecular complexity index is 310. The van der Waals surface area contributed by atoms with Crippen molar-refractivity contribution in [1.29, 1.82) is 0 Å². The fourth-order valence-corrected chi connectivity index (χ4v) is 2.72. The van der Waals surface area contributed by atoms with Crippen molar-refractivity contribution in [1.82, 2.24) is 4.72 Å². The molecule has 0 aliphatic rings. The van der Waals surface area contributed by atoms with Gasteiger partial charge in [0, 0.05) is 4.48 Å². The molecule has 0 atom stereocenters. The molecule has 0 aromatic rings. The molecule has 0 saturated heterocycles. The van der Waals surface area contributed by atoms with Gasteiger partial charge in [-0.15, -0.1) is 0 Å². The van der Waals surface area contributed by atoms with E-state index in [0.717, 1.165) is 6.42 Å². The van der Waals surface area contributed by atoms with Gasteiger partial charge in [0.1, 0.15) is 3.81 Å². The molecule has 0 rings (SSSR count). The molecule has 4 nitrogen and oxygen atoms in total. The maximum absolute atomic E-state index is 11.2. The molecular weight excluding hydrogens is 326 g/mol. The minimum atomic E-state index is -3.70. The predicted octanol–water partition coefficient (Wildman–Crippen LogP) is 1.82. The van der Waals surface area contributed by atoms with Gasteiger partial charge >= 0.3 is 0 Å². The van der Waals surface area contributed by atoms with Crippen molar-refractivity contribution in [2.75, 3.05) is 0 Å². The van der Waals surface area contributed by atoms with E-state index in [9.17, 15) is 13.2 Å². The van der Waals surface area contributed by atoms with Crippen molar-refractivity contribution in [2.45, 2.75) is 19.8 Å². The highest BCUT2D eigenvalue weighted by molar-refractivity contribution is 9.15. The number of hydrogen-bond acceptors (Lipinski definition) is 3. The molecule has 0 bridgehead atoms. The lowest BCUT2D eigenvalue weighted by Crippen LogP contribution is -2.21. The normalized spacial score (nSPS) is 13.5.